The molecule has 0 radical (unpaired) electrons. The molecule has 1 nitrogen and oxygen atoms in total. The van der Waals surface area contributed by atoms with Crippen LogP contribution >= 0.6 is 11.6 Å². The van der Waals surface area contributed by atoms with Gasteiger partial charge in [-0.05, 0) is 84.4 Å². The van der Waals surface area contributed by atoms with E-state index >= 15 is 0 Å². The number of aromatic nitrogens is 1. The maximum Gasteiger partial charge on any atom is 0.0633 e. The lowest BCUT2D eigenvalue weighted by atomic mass is 9.81. The van der Waals surface area contributed by atoms with E-state index in [4.69, 9.17) is 11.6 Å². The molecule has 0 spiro atoms. The van der Waals surface area contributed by atoms with Crippen LogP contribution in [-0.2, 0) is 11.8 Å². The first-order valence-corrected chi connectivity index (χ1v) is 12.5. The molecule has 1 aliphatic carbocycles. The first-order valence-electron chi connectivity index (χ1n) is 12.1. The van der Waals surface area contributed by atoms with Gasteiger partial charge in [0.25, 0.3) is 0 Å². The Balaban J connectivity index is 1.51. The van der Waals surface area contributed by atoms with Crippen LogP contribution in [0.15, 0.2) is 97.2 Å². The van der Waals surface area contributed by atoms with E-state index in [1.54, 1.807) is 0 Å². The van der Waals surface area contributed by atoms with Crippen molar-refractivity contribution in [2.75, 3.05) is 0 Å². The first kappa shape index (κ1) is 20.7. The van der Waals surface area contributed by atoms with E-state index in [1.807, 2.05) is 18.3 Å². The second kappa shape index (κ2) is 7.41. The molecule has 168 valence electrons. The van der Waals surface area contributed by atoms with E-state index in [2.05, 4.69) is 97.7 Å². The number of halogens is 1. The van der Waals surface area contributed by atoms with Crippen LogP contribution in [0, 0.1) is 0 Å². The number of hydrogen-bond donors (Lipinski definition) is 0. The Kier molecular flexibility index (Phi) is 4.38. The average molecular weight is 470 g/mol. The first-order chi connectivity index (χ1) is 17.0. The Bertz CT molecular complexity index is 1810. The SMILES string of the molecule is CC1(C)c2ccc(Cc3ncccc3Cl)cc2-c2cc3c4ccccc4c4ccccc4c3cc21. The predicted octanol–water partition coefficient (Wildman–Crippen LogP) is 9.09. The third-order valence-electron chi connectivity index (χ3n) is 7.81. The molecule has 0 amide bonds. The van der Waals surface area contributed by atoms with E-state index in [9.17, 15) is 0 Å². The molecule has 0 fully saturated rings. The van der Waals surface area contributed by atoms with Crippen molar-refractivity contribution in [2.24, 2.45) is 0 Å². The summed E-state index contributed by atoms with van der Waals surface area (Å²) in [5, 5.41) is 8.63. The van der Waals surface area contributed by atoms with Gasteiger partial charge in [-0.25, -0.2) is 0 Å². The lowest BCUT2D eigenvalue weighted by molar-refractivity contribution is 0.661. The number of rotatable bonds is 2. The predicted molar refractivity (Wildman–Crippen MR) is 149 cm³/mol. The van der Waals surface area contributed by atoms with Gasteiger partial charge in [0.2, 0.25) is 0 Å². The van der Waals surface area contributed by atoms with Crippen molar-refractivity contribution in [3.63, 3.8) is 0 Å². The van der Waals surface area contributed by atoms with Crippen LogP contribution in [0.5, 0.6) is 0 Å². The fraction of sp³-hybridized carbons (Fsp3) is 0.121. The molecule has 0 N–H and O–H groups in total. The van der Waals surface area contributed by atoms with Crippen LogP contribution in [0.4, 0.5) is 0 Å². The lowest BCUT2D eigenvalue weighted by Gasteiger charge is -2.22. The van der Waals surface area contributed by atoms with Crippen molar-refractivity contribution in [1.29, 1.82) is 0 Å². The maximum absolute atomic E-state index is 6.42. The molecule has 1 aliphatic rings. The van der Waals surface area contributed by atoms with E-state index in [1.165, 1.54) is 60.1 Å². The molecule has 0 unspecified atom stereocenters. The number of pyridine rings is 1. The zero-order valence-corrected chi connectivity index (χ0v) is 20.5. The quantitative estimate of drug-likeness (QED) is 0.230. The Hall–Kier alpha value is -3.68. The van der Waals surface area contributed by atoms with Crippen molar-refractivity contribution in [1.82, 2.24) is 4.98 Å². The zero-order chi connectivity index (χ0) is 23.7. The van der Waals surface area contributed by atoms with Crippen molar-refractivity contribution in [2.45, 2.75) is 25.7 Å². The molecular formula is C33H24ClN. The Labute approximate surface area is 210 Å². The molecule has 5 aromatic carbocycles. The molecule has 7 rings (SSSR count). The van der Waals surface area contributed by atoms with Gasteiger partial charge in [0, 0.05) is 18.0 Å². The summed E-state index contributed by atoms with van der Waals surface area (Å²) in [7, 11) is 0. The van der Waals surface area contributed by atoms with Gasteiger partial charge in [-0.3, -0.25) is 4.98 Å². The number of fused-ring (bicyclic) bond motifs is 9. The zero-order valence-electron chi connectivity index (χ0n) is 19.8. The summed E-state index contributed by atoms with van der Waals surface area (Å²) in [4.78, 5) is 4.51. The van der Waals surface area contributed by atoms with Crippen LogP contribution in [0.3, 0.4) is 0 Å². The van der Waals surface area contributed by atoms with Crippen molar-refractivity contribution in [3.8, 4) is 11.1 Å². The molecule has 0 aliphatic heterocycles. The summed E-state index contributed by atoms with van der Waals surface area (Å²) in [5.74, 6) is 0. The number of nitrogens with zero attached hydrogens (tertiary/aromatic N) is 1. The Morgan fingerprint density at radius 1 is 0.629 bits per heavy atom. The van der Waals surface area contributed by atoms with Gasteiger partial charge in [-0.15, -0.1) is 0 Å². The molecule has 35 heavy (non-hydrogen) atoms. The van der Waals surface area contributed by atoms with Crippen LogP contribution in [0.1, 0.15) is 36.2 Å². The van der Waals surface area contributed by atoms with Gasteiger partial charge in [-0.1, -0.05) is 92.2 Å². The standard InChI is InChI=1S/C33H24ClN/c1-33(2)29-14-13-20(17-32-31(34)12-7-15-35-32)16-27(29)28-18-25-23-10-5-3-8-21(23)22-9-4-6-11-24(22)26(25)19-30(28)33/h3-16,18-19H,17H2,1-2H3. The second-order valence-electron chi connectivity index (χ2n) is 10.1. The summed E-state index contributed by atoms with van der Waals surface area (Å²) in [5.41, 5.74) is 7.53. The summed E-state index contributed by atoms with van der Waals surface area (Å²) in [6.07, 6.45) is 2.54. The van der Waals surface area contributed by atoms with Gasteiger partial charge >= 0.3 is 0 Å². The van der Waals surface area contributed by atoms with Crippen molar-refractivity contribution >= 4 is 43.9 Å². The second-order valence-corrected chi connectivity index (χ2v) is 10.6. The Morgan fingerprint density at radius 3 is 1.89 bits per heavy atom. The summed E-state index contributed by atoms with van der Waals surface area (Å²) in [6, 6.07) is 33.2. The fourth-order valence-corrected chi connectivity index (χ4v) is 6.24. The normalized spacial score (nSPS) is 13.9. The van der Waals surface area contributed by atoms with Gasteiger partial charge in [-0.2, -0.15) is 0 Å². The van der Waals surface area contributed by atoms with Crippen LogP contribution in [0.25, 0.3) is 43.4 Å². The molecule has 1 heterocycles. The molecular weight excluding hydrogens is 446 g/mol. The molecule has 6 aromatic rings. The van der Waals surface area contributed by atoms with Crippen LogP contribution in [-0.4, -0.2) is 4.98 Å². The molecule has 1 aromatic heterocycles. The van der Waals surface area contributed by atoms with E-state index in [-0.39, 0.29) is 5.41 Å². The highest BCUT2D eigenvalue weighted by Crippen LogP contribution is 2.51. The summed E-state index contributed by atoms with van der Waals surface area (Å²) < 4.78 is 0. The highest BCUT2D eigenvalue weighted by Gasteiger charge is 2.36. The van der Waals surface area contributed by atoms with Gasteiger partial charge < -0.3 is 0 Å². The van der Waals surface area contributed by atoms with Crippen molar-refractivity contribution in [3.05, 3.63) is 125 Å². The van der Waals surface area contributed by atoms with Crippen molar-refractivity contribution < 1.29 is 0 Å². The highest BCUT2D eigenvalue weighted by atomic mass is 35.5. The summed E-state index contributed by atoms with van der Waals surface area (Å²) in [6.45, 7) is 4.70. The molecule has 0 saturated carbocycles. The third-order valence-corrected chi connectivity index (χ3v) is 8.15. The minimum atomic E-state index is -0.0627. The topological polar surface area (TPSA) is 12.9 Å². The minimum Gasteiger partial charge on any atom is -0.259 e. The summed E-state index contributed by atoms with van der Waals surface area (Å²) >= 11 is 6.42. The van der Waals surface area contributed by atoms with Gasteiger partial charge in [0.1, 0.15) is 0 Å². The largest absolute Gasteiger partial charge is 0.259 e. The third kappa shape index (κ3) is 2.98. The molecule has 2 heteroatoms. The molecule has 0 bridgehead atoms. The average Bonchev–Trinajstić information content (AvgIpc) is 3.10. The monoisotopic (exact) mass is 469 g/mol. The fourth-order valence-electron chi connectivity index (χ4n) is 6.05. The Morgan fingerprint density at radius 2 is 1.23 bits per heavy atom. The van der Waals surface area contributed by atoms with Crippen LogP contribution < -0.4 is 0 Å². The number of hydrogen-bond acceptors (Lipinski definition) is 1. The molecule has 0 atom stereocenters. The van der Waals surface area contributed by atoms with E-state index < -0.39 is 0 Å². The van der Waals surface area contributed by atoms with Crippen LogP contribution in [0.2, 0.25) is 5.02 Å². The molecule has 0 saturated heterocycles. The maximum atomic E-state index is 6.42. The minimum absolute atomic E-state index is 0.0627. The van der Waals surface area contributed by atoms with Gasteiger partial charge in [0.15, 0.2) is 0 Å². The lowest BCUT2D eigenvalue weighted by Crippen LogP contribution is -2.15. The van der Waals surface area contributed by atoms with E-state index in [0.717, 1.165) is 17.1 Å². The number of benzene rings is 5. The van der Waals surface area contributed by atoms with E-state index in [0.29, 0.717) is 0 Å². The highest BCUT2D eigenvalue weighted by molar-refractivity contribution is 6.31. The van der Waals surface area contributed by atoms with Gasteiger partial charge in [0.05, 0.1) is 10.7 Å². The smallest absolute Gasteiger partial charge is 0.0633 e.